The van der Waals surface area contributed by atoms with Crippen LogP contribution in [0.4, 0.5) is 11.4 Å². The van der Waals surface area contributed by atoms with Crippen LogP contribution in [-0.4, -0.2) is 16.8 Å². The summed E-state index contributed by atoms with van der Waals surface area (Å²) in [7, 11) is -7.84. The third-order valence-electron chi connectivity index (χ3n) is 6.37. The summed E-state index contributed by atoms with van der Waals surface area (Å²) in [6, 6.07) is 27.5. The number of anilines is 2. The Labute approximate surface area is 212 Å². The lowest BCUT2D eigenvalue weighted by atomic mass is 10.1. The number of hydrogen-bond acceptors (Lipinski definition) is 4. The molecule has 6 nitrogen and oxygen atoms in total. The van der Waals surface area contributed by atoms with E-state index in [4.69, 9.17) is 0 Å². The molecule has 0 unspecified atom stereocenters. The van der Waals surface area contributed by atoms with Gasteiger partial charge in [-0.15, -0.1) is 0 Å². The largest absolute Gasteiger partial charge is 0.264 e. The van der Waals surface area contributed by atoms with E-state index in [1.165, 1.54) is 8.61 Å². The van der Waals surface area contributed by atoms with E-state index in [0.717, 1.165) is 22.3 Å². The predicted octanol–water partition coefficient (Wildman–Crippen LogP) is 5.41. The Balaban J connectivity index is 1.70. The number of hydrogen-bond donors (Lipinski definition) is 0. The van der Waals surface area contributed by atoms with Crippen molar-refractivity contribution >= 4 is 31.4 Å². The van der Waals surface area contributed by atoms with Gasteiger partial charge in [-0.25, -0.2) is 16.8 Å². The smallest absolute Gasteiger partial charge is 0.262 e. The number of aryl methyl sites for hydroxylation is 2. The van der Waals surface area contributed by atoms with Crippen LogP contribution >= 0.6 is 0 Å². The van der Waals surface area contributed by atoms with E-state index in [2.05, 4.69) is 0 Å². The van der Waals surface area contributed by atoms with Crippen LogP contribution in [0.5, 0.6) is 0 Å². The van der Waals surface area contributed by atoms with Gasteiger partial charge < -0.3 is 0 Å². The first-order chi connectivity index (χ1) is 17.2. The summed E-state index contributed by atoms with van der Waals surface area (Å²) in [5.41, 5.74) is 4.19. The van der Waals surface area contributed by atoms with E-state index >= 15 is 0 Å². The van der Waals surface area contributed by atoms with Gasteiger partial charge in [0.2, 0.25) is 0 Å². The molecule has 0 fully saturated rings. The van der Waals surface area contributed by atoms with Gasteiger partial charge in [-0.05, 0) is 67.4 Å². The molecule has 184 valence electrons. The predicted molar refractivity (Wildman–Crippen MR) is 142 cm³/mol. The SMILES string of the molecule is Cc1ccc(S(=O)(=O)N2Cc3ccccc3CN(S(=O)(=O)c3ccc(C)cc3)c3cccc2c3)cc1. The first-order valence-electron chi connectivity index (χ1n) is 11.5. The van der Waals surface area contributed by atoms with Gasteiger partial charge >= 0.3 is 0 Å². The molecule has 0 saturated heterocycles. The van der Waals surface area contributed by atoms with Crippen LogP contribution in [0, 0.1) is 13.8 Å². The third-order valence-corrected chi connectivity index (χ3v) is 9.95. The minimum Gasteiger partial charge on any atom is -0.262 e. The second kappa shape index (κ2) is 9.11. The van der Waals surface area contributed by atoms with Gasteiger partial charge in [0, 0.05) is 0 Å². The molecular weight excluding hydrogens is 492 g/mol. The van der Waals surface area contributed by atoms with E-state index in [9.17, 15) is 16.8 Å². The second-order valence-corrected chi connectivity index (χ2v) is 12.7. The van der Waals surface area contributed by atoms with Gasteiger partial charge in [0.25, 0.3) is 20.0 Å². The summed E-state index contributed by atoms with van der Waals surface area (Å²) in [5.74, 6) is 0. The molecule has 0 N–H and O–H groups in total. The molecule has 1 heterocycles. The molecule has 0 aromatic heterocycles. The molecule has 0 saturated carbocycles. The fourth-order valence-corrected chi connectivity index (χ4v) is 7.15. The second-order valence-electron chi connectivity index (χ2n) is 8.94. The zero-order valence-electron chi connectivity index (χ0n) is 20.0. The Morgan fingerprint density at radius 3 is 1.31 bits per heavy atom. The molecular formula is C28H26N2O4S2. The Hall–Kier alpha value is -3.62. The molecule has 0 atom stereocenters. The van der Waals surface area contributed by atoms with Gasteiger partial charge in [-0.1, -0.05) is 65.7 Å². The van der Waals surface area contributed by atoms with Crippen LogP contribution in [0.15, 0.2) is 107 Å². The number of rotatable bonds is 4. The van der Waals surface area contributed by atoms with Crippen LogP contribution in [0.25, 0.3) is 0 Å². The highest BCUT2D eigenvalue weighted by molar-refractivity contribution is 7.93. The summed E-state index contributed by atoms with van der Waals surface area (Å²) in [5, 5.41) is 0. The van der Waals surface area contributed by atoms with Gasteiger partial charge in [0.15, 0.2) is 0 Å². The Morgan fingerprint density at radius 2 is 0.917 bits per heavy atom. The van der Waals surface area contributed by atoms with Crippen molar-refractivity contribution in [3.05, 3.63) is 119 Å². The minimum absolute atomic E-state index is 0.0776. The lowest BCUT2D eigenvalue weighted by Crippen LogP contribution is -2.31. The molecule has 2 bridgehead atoms. The first-order valence-corrected chi connectivity index (χ1v) is 14.4. The molecule has 1 aliphatic heterocycles. The van der Waals surface area contributed by atoms with E-state index in [1.807, 2.05) is 38.1 Å². The summed E-state index contributed by atoms with van der Waals surface area (Å²) in [6.07, 6.45) is 0. The number of fused-ring (bicyclic) bond motifs is 3. The van der Waals surface area contributed by atoms with Crippen LogP contribution in [0.1, 0.15) is 22.3 Å². The topological polar surface area (TPSA) is 74.8 Å². The van der Waals surface area contributed by atoms with Gasteiger partial charge in [0.05, 0.1) is 34.3 Å². The van der Waals surface area contributed by atoms with Crippen molar-refractivity contribution in [1.29, 1.82) is 0 Å². The van der Waals surface area contributed by atoms with Crippen LogP contribution in [0.2, 0.25) is 0 Å². The average Bonchev–Trinajstić information content (AvgIpc) is 2.91. The lowest BCUT2D eigenvalue weighted by Gasteiger charge is -2.25. The van der Waals surface area contributed by atoms with Gasteiger partial charge in [-0.3, -0.25) is 8.61 Å². The lowest BCUT2D eigenvalue weighted by molar-refractivity contribution is 0.588. The van der Waals surface area contributed by atoms with E-state index in [0.29, 0.717) is 11.4 Å². The molecule has 0 spiro atoms. The fourth-order valence-electron chi connectivity index (χ4n) is 4.28. The molecule has 1 aliphatic rings. The monoisotopic (exact) mass is 518 g/mol. The average molecular weight is 519 g/mol. The molecule has 8 heteroatoms. The standard InChI is InChI=1S/C28H26N2O4S2/c1-21-10-14-27(15-11-21)35(31,32)29-19-23-6-3-4-7-24(23)20-30(26-9-5-8-25(29)18-26)36(33,34)28-16-12-22(2)13-17-28/h3-18H,19-20H2,1-2H3. The van der Waals surface area contributed by atoms with Crippen LogP contribution < -0.4 is 8.61 Å². The highest BCUT2D eigenvalue weighted by atomic mass is 32.2. The quantitative estimate of drug-likeness (QED) is 0.362. The van der Waals surface area contributed by atoms with Crippen molar-refractivity contribution in [3.8, 4) is 0 Å². The van der Waals surface area contributed by atoms with Crippen molar-refractivity contribution in [2.45, 2.75) is 36.7 Å². The Morgan fingerprint density at radius 1 is 0.528 bits per heavy atom. The fraction of sp³-hybridized carbons (Fsp3) is 0.143. The third kappa shape index (κ3) is 4.38. The van der Waals surface area contributed by atoms with E-state index in [1.54, 1.807) is 72.8 Å². The van der Waals surface area contributed by atoms with Crippen molar-refractivity contribution in [3.63, 3.8) is 0 Å². The van der Waals surface area contributed by atoms with Crippen molar-refractivity contribution in [1.82, 2.24) is 0 Å². The van der Waals surface area contributed by atoms with Gasteiger partial charge in [-0.2, -0.15) is 0 Å². The summed E-state index contributed by atoms with van der Waals surface area (Å²) in [6.45, 7) is 3.96. The zero-order valence-corrected chi connectivity index (χ0v) is 21.6. The summed E-state index contributed by atoms with van der Waals surface area (Å²) in [4.78, 5) is 0.360. The Kier molecular flexibility index (Phi) is 6.10. The molecule has 0 radical (unpaired) electrons. The van der Waals surface area contributed by atoms with Crippen molar-refractivity contribution in [2.24, 2.45) is 0 Å². The minimum atomic E-state index is -3.92. The van der Waals surface area contributed by atoms with E-state index in [-0.39, 0.29) is 22.9 Å². The molecule has 0 aliphatic carbocycles. The number of nitrogens with zero attached hydrogens (tertiary/aromatic N) is 2. The maximum Gasteiger partial charge on any atom is 0.264 e. The highest BCUT2D eigenvalue weighted by Gasteiger charge is 2.31. The zero-order chi connectivity index (χ0) is 25.5. The molecule has 4 aromatic rings. The number of benzene rings is 4. The maximum atomic E-state index is 13.8. The van der Waals surface area contributed by atoms with Crippen molar-refractivity contribution in [2.75, 3.05) is 8.61 Å². The van der Waals surface area contributed by atoms with Crippen molar-refractivity contribution < 1.29 is 16.8 Å². The van der Waals surface area contributed by atoms with Crippen LogP contribution in [0.3, 0.4) is 0 Å². The van der Waals surface area contributed by atoms with E-state index < -0.39 is 20.0 Å². The molecule has 36 heavy (non-hydrogen) atoms. The molecule has 5 rings (SSSR count). The van der Waals surface area contributed by atoms with Gasteiger partial charge in [0.1, 0.15) is 0 Å². The highest BCUT2D eigenvalue weighted by Crippen LogP contribution is 2.35. The summed E-state index contributed by atoms with van der Waals surface area (Å²) >= 11 is 0. The summed E-state index contributed by atoms with van der Waals surface area (Å²) < 4.78 is 58.0. The first kappa shape index (κ1) is 24.1. The maximum absolute atomic E-state index is 13.8. The normalized spacial score (nSPS) is 13.9. The Bertz CT molecular complexity index is 1510. The molecule has 4 aromatic carbocycles. The number of sulfonamides is 2. The van der Waals surface area contributed by atoms with Crippen LogP contribution in [-0.2, 0) is 33.1 Å². The molecule has 0 amide bonds.